The number of carbonyl (C=O) groups excluding carboxylic acids is 1. The van der Waals surface area contributed by atoms with Crippen LogP contribution in [0.4, 0.5) is 0 Å². The molecule has 1 aromatic carbocycles. The fraction of sp³-hybridized carbons (Fsp3) is 0.300. The highest BCUT2D eigenvalue weighted by Crippen LogP contribution is 2.21. The topological polar surface area (TPSA) is 86.8 Å². The van der Waals surface area contributed by atoms with Gasteiger partial charge in [-0.15, -0.1) is 0 Å². The molecule has 0 saturated carbocycles. The molecule has 5 heteroatoms. The van der Waals surface area contributed by atoms with Crippen LogP contribution in [0.15, 0.2) is 18.2 Å². The molecule has 0 atom stereocenters. The quantitative estimate of drug-likeness (QED) is 0.661. The first-order valence-corrected chi connectivity index (χ1v) is 4.53. The van der Waals surface area contributed by atoms with Gasteiger partial charge in [0.05, 0.1) is 0 Å². The van der Waals surface area contributed by atoms with E-state index in [1.54, 1.807) is 7.05 Å². The fourth-order valence-electron chi connectivity index (χ4n) is 1.23. The van der Waals surface area contributed by atoms with Crippen LogP contribution in [-0.4, -0.2) is 41.2 Å². The highest BCUT2D eigenvalue weighted by Gasteiger charge is 2.12. The summed E-state index contributed by atoms with van der Waals surface area (Å²) in [5.74, 6) is -0.564. The largest absolute Gasteiger partial charge is 0.508 e. The monoisotopic (exact) mass is 210 g/mol. The molecular formula is C10H14N2O3. The normalized spacial score (nSPS) is 10.0. The summed E-state index contributed by atoms with van der Waals surface area (Å²) in [7, 11) is 1.61. The van der Waals surface area contributed by atoms with Crippen LogP contribution >= 0.6 is 0 Å². The lowest BCUT2D eigenvalue weighted by molar-refractivity contribution is 0.0798. The number of nitrogens with two attached hydrogens (primary N) is 1. The number of rotatable bonds is 3. The second kappa shape index (κ2) is 4.65. The third-order valence-corrected chi connectivity index (χ3v) is 1.96. The molecule has 0 saturated heterocycles. The average molecular weight is 210 g/mol. The molecular weight excluding hydrogens is 196 g/mol. The van der Waals surface area contributed by atoms with Crippen LogP contribution in [0.2, 0.25) is 0 Å². The smallest absolute Gasteiger partial charge is 0.253 e. The molecule has 15 heavy (non-hydrogen) atoms. The van der Waals surface area contributed by atoms with E-state index in [1.165, 1.54) is 23.1 Å². The molecule has 0 aliphatic carbocycles. The second-order valence-electron chi connectivity index (χ2n) is 3.25. The van der Waals surface area contributed by atoms with Crippen molar-refractivity contribution in [2.75, 3.05) is 20.1 Å². The number of amides is 1. The molecule has 5 nitrogen and oxygen atoms in total. The van der Waals surface area contributed by atoms with Gasteiger partial charge in [-0.1, -0.05) is 0 Å². The Morgan fingerprint density at radius 3 is 2.33 bits per heavy atom. The van der Waals surface area contributed by atoms with Gasteiger partial charge in [-0.2, -0.15) is 0 Å². The van der Waals surface area contributed by atoms with Crippen LogP contribution in [0.3, 0.4) is 0 Å². The lowest BCUT2D eigenvalue weighted by Gasteiger charge is -2.16. The lowest BCUT2D eigenvalue weighted by atomic mass is 10.2. The predicted molar refractivity (Wildman–Crippen MR) is 55.8 cm³/mol. The van der Waals surface area contributed by atoms with Gasteiger partial charge in [0.2, 0.25) is 0 Å². The first-order chi connectivity index (χ1) is 7.04. The van der Waals surface area contributed by atoms with Crippen molar-refractivity contribution in [1.82, 2.24) is 4.90 Å². The van der Waals surface area contributed by atoms with Crippen molar-refractivity contribution in [2.45, 2.75) is 0 Å². The zero-order valence-electron chi connectivity index (χ0n) is 8.47. The second-order valence-corrected chi connectivity index (χ2v) is 3.25. The molecule has 1 amide bonds. The first kappa shape index (κ1) is 11.3. The Balaban J connectivity index is 2.90. The minimum absolute atomic E-state index is 0.139. The molecule has 0 radical (unpaired) electrons. The summed E-state index contributed by atoms with van der Waals surface area (Å²) in [5, 5.41) is 18.4. The van der Waals surface area contributed by atoms with Gasteiger partial charge in [-0.3, -0.25) is 4.79 Å². The van der Waals surface area contributed by atoms with Crippen molar-refractivity contribution in [3.05, 3.63) is 23.8 Å². The van der Waals surface area contributed by atoms with E-state index in [0.717, 1.165) is 0 Å². The van der Waals surface area contributed by atoms with Crippen LogP contribution in [0.1, 0.15) is 10.4 Å². The van der Waals surface area contributed by atoms with Crippen molar-refractivity contribution < 1.29 is 15.0 Å². The highest BCUT2D eigenvalue weighted by molar-refractivity contribution is 5.94. The van der Waals surface area contributed by atoms with Gasteiger partial charge in [0.1, 0.15) is 11.5 Å². The molecule has 1 aromatic rings. The molecule has 0 aromatic heterocycles. The Bertz CT molecular complexity index is 345. The summed E-state index contributed by atoms with van der Waals surface area (Å²) in [4.78, 5) is 13.1. The SMILES string of the molecule is CN(CCN)C(=O)c1cc(O)cc(O)c1. The molecule has 0 aliphatic rings. The van der Waals surface area contributed by atoms with Gasteiger partial charge in [0.15, 0.2) is 0 Å². The summed E-state index contributed by atoms with van der Waals surface area (Å²) in [6.07, 6.45) is 0. The number of likely N-dealkylation sites (N-methyl/N-ethyl adjacent to an activating group) is 1. The van der Waals surface area contributed by atoms with Crippen molar-refractivity contribution in [2.24, 2.45) is 5.73 Å². The molecule has 0 unspecified atom stereocenters. The van der Waals surface area contributed by atoms with E-state index < -0.39 is 0 Å². The summed E-state index contributed by atoms with van der Waals surface area (Å²) in [6, 6.07) is 3.77. The Kier molecular flexibility index (Phi) is 3.51. The van der Waals surface area contributed by atoms with Crippen molar-refractivity contribution >= 4 is 5.91 Å². The van der Waals surface area contributed by atoms with Crippen LogP contribution in [0.5, 0.6) is 11.5 Å². The van der Waals surface area contributed by atoms with Crippen molar-refractivity contribution in [1.29, 1.82) is 0 Å². The molecule has 0 spiro atoms. The van der Waals surface area contributed by atoms with Gasteiger partial charge in [0.25, 0.3) is 5.91 Å². The number of aromatic hydroxyl groups is 2. The summed E-state index contributed by atoms with van der Waals surface area (Å²) >= 11 is 0. The van der Waals surface area contributed by atoms with E-state index in [1.807, 2.05) is 0 Å². The molecule has 1 rings (SSSR count). The average Bonchev–Trinajstić information content (AvgIpc) is 2.15. The molecule has 0 bridgehead atoms. The number of phenolic OH excluding ortho intramolecular Hbond substituents is 2. The molecule has 0 fully saturated rings. The number of phenols is 2. The van der Waals surface area contributed by atoms with E-state index in [9.17, 15) is 15.0 Å². The maximum Gasteiger partial charge on any atom is 0.253 e. The van der Waals surface area contributed by atoms with Crippen molar-refractivity contribution in [3.8, 4) is 11.5 Å². The standard InChI is InChI=1S/C10H14N2O3/c1-12(3-2-11)10(15)7-4-8(13)6-9(14)5-7/h4-6,13-14H,2-3,11H2,1H3. The number of hydrogen-bond donors (Lipinski definition) is 3. The van der Waals surface area contributed by atoms with Crippen LogP contribution in [0.25, 0.3) is 0 Å². The summed E-state index contributed by atoms with van der Waals surface area (Å²) in [5.41, 5.74) is 5.55. The van der Waals surface area contributed by atoms with Crippen LogP contribution in [0, 0.1) is 0 Å². The molecule has 0 heterocycles. The molecule has 0 aliphatic heterocycles. The summed E-state index contributed by atoms with van der Waals surface area (Å²) in [6.45, 7) is 0.794. The summed E-state index contributed by atoms with van der Waals surface area (Å²) < 4.78 is 0. The number of nitrogens with zero attached hydrogens (tertiary/aromatic N) is 1. The van der Waals surface area contributed by atoms with E-state index in [4.69, 9.17) is 5.73 Å². The van der Waals surface area contributed by atoms with Gasteiger partial charge in [0, 0.05) is 31.8 Å². The Morgan fingerprint density at radius 2 is 1.87 bits per heavy atom. The van der Waals surface area contributed by atoms with Gasteiger partial charge >= 0.3 is 0 Å². The minimum Gasteiger partial charge on any atom is -0.508 e. The maximum absolute atomic E-state index is 11.7. The Morgan fingerprint density at radius 1 is 1.33 bits per heavy atom. The first-order valence-electron chi connectivity index (χ1n) is 4.53. The molecule has 82 valence electrons. The number of hydrogen-bond acceptors (Lipinski definition) is 4. The zero-order valence-corrected chi connectivity index (χ0v) is 8.47. The third kappa shape index (κ3) is 2.85. The van der Waals surface area contributed by atoms with Crippen molar-refractivity contribution in [3.63, 3.8) is 0 Å². The highest BCUT2D eigenvalue weighted by atomic mass is 16.3. The van der Waals surface area contributed by atoms with Gasteiger partial charge in [-0.25, -0.2) is 0 Å². The van der Waals surface area contributed by atoms with E-state index in [-0.39, 0.29) is 23.0 Å². The number of benzene rings is 1. The van der Waals surface area contributed by atoms with E-state index in [2.05, 4.69) is 0 Å². The third-order valence-electron chi connectivity index (χ3n) is 1.96. The molecule has 4 N–H and O–H groups in total. The van der Waals surface area contributed by atoms with E-state index in [0.29, 0.717) is 13.1 Å². The van der Waals surface area contributed by atoms with Crippen LogP contribution in [-0.2, 0) is 0 Å². The van der Waals surface area contributed by atoms with Gasteiger partial charge in [-0.05, 0) is 12.1 Å². The van der Waals surface area contributed by atoms with Gasteiger partial charge < -0.3 is 20.8 Å². The Labute approximate surface area is 87.7 Å². The van der Waals surface area contributed by atoms with E-state index >= 15 is 0 Å². The maximum atomic E-state index is 11.7. The minimum atomic E-state index is -0.286. The predicted octanol–water partition coefficient (Wildman–Crippen LogP) is 0.129. The van der Waals surface area contributed by atoms with Crippen LogP contribution < -0.4 is 5.73 Å². The fourth-order valence-corrected chi connectivity index (χ4v) is 1.23. The lowest BCUT2D eigenvalue weighted by Crippen LogP contribution is -2.31. The zero-order chi connectivity index (χ0) is 11.4. The number of carbonyl (C=O) groups is 1. The Hall–Kier alpha value is -1.75.